The maximum atomic E-state index is 12.8. The summed E-state index contributed by atoms with van der Waals surface area (Å²) in [6.45, 7) is 10.5. The highest BCUT2D eigenvalue weighted by Crippen LogP contribution is 2.33. The van der Waals surface area contributed by atoms with Crippen LogP contribution in [0.3, 0.4) is 0 Å². The van der Waals surface area contributed by atoms with Crippen LogP contribution in [-0.4, -0.2) is 31.8 Å². The van der Waals surface area contributed by atoms with Gasteiger partial charge in [-0.05, 0) is 30.5 Å². The fourth-order valence-corrected chi connectivity index (χ4v) is 3.17. The van der Waals surface area contributed by atoms with Crippen molar-refractivity contribution in [3.05, 3.63) is 40.8 Å². The van der Waals surface area contributed by atoms with Gasteiger partial charge in [0.2, 0.25) is 0 Å². The number of aromatic nitrogens is 1. The van der Waals surface area contributed by atoms with Crippen molar-refractivity contribution in [3.8, 4) is 11.5 Å². The Labute approximate surface area is 161 Å². The lowest BCUT2D eigenvalue weighted by Crippen LogP contribution is -2.31. The third-order valence-corrected chi connectivity index (χ3v) is 4.76. The van der Waals surface area contributed by atoms with Gasteiger partial charge in [0.25, 0.3) is 5.91 Å². The van der Waals surface area contributed by atoms with Crippen LogP contribution < -0.4 is 14.8 Å². The molecule has 0 radical (unpaired) electrons. The largest absolute Gasteiger partial charge is 0.493 e. The van der Waals surface area contributed by atoms with Crippen LogP contribution in [0.25, 0.3) is 0 Å². The molecule has 2 aromatic rings. The number of nitrogens with zero attached hydrogens (tertiary/aromatic N) is 1. The lowest BCUT2D eigenvalue weighted by atomic mass is 9.88. The summed E-state index contributed by atoms with van der Waals surface area (Å²) in [7, 11) is 3.24. The Bertz CT molecular complexity index is 780. The number of amides is 1. The van der Waals surface area contributed by atoms with Crippen LogP contribution in [0, 0.1) is 12.8 Å². The van der Waals surface area contributed by atoms with Crippen LogP contribution in [0.1, 0.15) is 66.9 Å². The number of carbonyl (C=O) groups is 1. The van der Waals surface area contributed by atoms with E-state index in [0.717, 1.165) is 5.56 Å². The van der Waals surface area contributed by atoms with Crippen molar-refractivity contribution in [1.82, 2.24) is 10.5 Å². The molecule has 0 aliphatic rings. The summed E-state index contributed by atoms with van der Waals surface area (Å²) >= 11 is 0. The number of ether oxygens (including phenoxy) is 2. The fraction of sp³-hybridized carbons (Fsp3) is 0.524. The maximum Gasteiger partial charge on any atom is 0.256 e. The fourth-order valence-electron chi connectivity index (χ4n) is 3.17. The quantitative estimate of drug-likeness (QED) is 0.746. The normalized spacial score (nSPS) is 12.3. The van der Waals surface area contributed by atoms with Crippen molar-refractivity contribution in [3.63, 3.8) is 0 Å². The van der Waals surface area contributed by atoms with E-state index in [-0.39, 0.29) is 17.7 Å². The van der Waals surface area contributed by atoms with Crippen molar-refractivity contribution in [2.45, 2.75) is 46.5 Å². The smallest absolute Gasteiger partial charge is 0.256 e. The molecule has 2 rings (SSSR count). The van der Waals surface area contributed by atoms with Crippen molar-refractivity contribution in [2.75, 3.05) is 20.8 Å². The Morgan fingerprint density at radius 3 is 2.37 bits per heavy atom. The number of hydrogen-bond acceptors (Lipinski definition) is 5. The van der Waals surface area contributed by atoms with Crippen LogP contribution in [0.15, 0.2) is 22.7 Å². The molecule has 1 unspecified atom stereocenters. The van der Waals surface area contributed by atoms with Gasteiger partial charge >= 0.3 is 0 Å². The number of hydrogen-bond donors (Lipinski definition) is 1. The summed E-state index contributed by atoms with van der Waals surface area (Å²) in [5, 5.41) is 7.01. The first-order chi connectivity index (χ1) is 12.8. The predicted octanol–water partition coefficient (Wildman–Crippen LogP) is 4.29. The van der Waals surface area contributed by atoms with Crippen LogP contribution in [0.2, 0.25) is 0 Å². The minimum atomic E-state index is -0.149. The Kier molecular flexibility index (Phi) is 6.88. The highest BCUT2D eigenvalue weighted by atomic mass is 16.5. The van der Waals surface area contributed by atoms with Crippen molar-refractivity contribution < 1.29 is 18.8 Å². The van der Waals surface area contributed by atoms with E-state index in [1.54, 1.807) is 21.1 Å². The molecule has 148 valence electrons. The second-order valence-corrected chi connectivity index (χ2v) is 7.34. The SMILES string of the molecule is COc1ccc(C(CNC(=O)c2c(C)noc2C(C)C)C(C)C)cc1OC. The summed E-state index contributed by atoms with van der Waals surface area (Å²) in [4.78, 5) is 12.8. The number of nitrogens with one attached hydrogen (secondary N) is 1. The van der Waals surface area contributed by atoms with Gasteiger partial charge in [-0.2, -0.15) is 0 Å². The summed E-state index contributed by atoms with van der Waals surface area (Å²) in [5.74, 6) is 2.41. The first-order valence-corrected chi connectivity index (χ1v) is 9.26. The summed E-state index contributed by atoms with van der Waals surface area (Å²) in [6.07, 6.45) is 0. The van der Waals surface area contributed by atoms with E-state index >= 15 is 0 Å². The molecule has 0 aliphatic carbocycles. The monoisotopic (exact) mass is 374 g/mol. The molecular formula is C21H30N2O4. The zero-order valence-electron chi connectivity index (χ0n) is 17.3. The number of rotatable bonds is 8. The topological polar surface area (TPSA) is 73.6 Å². The molecule has 1 atom stereocenters. The molecular weight excluding hydrogens is 344 g/mol. The lowest BCUT2D eigenvalue weighted by molar-refractivity contribution is 0.0946. The number of methoxy groups -OCH3 is 2. The molecule has 0 saturated heterocycles. The number of carbonyl (C=O) groups excluding carboxylic acids is 1. The Morgan fingerprint density at radius 2 is 1.81 bits per heavy atom. The molecule has 0 bridgehead atoms. The van der Waals surface area contributed by atoms with Gasteiger partial charge in [0.05, 0.1) is 19.9 Å². The molecule has 27 heavy (non-hydrogen) atoms. The van der Waals surface area contributed by atoms with Crippen LogP contribution in [-0.2, 0) is 0 Å². The highest BCUT2D eigenvalue weighted by molar-refractivity contribution is 5.96. The molecule has 1 amide bonds. The molecule has 6 heteroatoms. The van der Waals surface area contributed by atoms with Crippen molar-refractivity contribution in [2.24, 2.45) is 5.92 Å². The zero-order valence-corrected chi connectivity index (χ0v) is 17.3. The molecule has 6 nitrogen and oxygen atoms in total. The third kappa shape index (κ3) is 4.62. The van der Waals surface area contributed by atoms with Gasteiger partial charge in [0.15, 0.2) is 17.3 Å². The van der Waals surface area contributed by atoms with E-state index in [1.807, 2.05) is 32.0 Å². The van der Waals surface area contributed by atoms with E-state index < -0.39 is 0 Å². The molecule has 0 spiro atoms. The van der Waals surface area contributed by atoms with Gasteiger partial charge in [-0.3, -0.25) is 4.79 Å². The average molecular weight is 374 g/mol. The molecule has 1 heterocycles. The molecule has 0 aliphatic heterocycles. The van der Waals surface area contributed by atoms with Crippen molar-refractivity contribution >= 4 is 5.91 Å². The van der Waals surface area contributed by atoms with E-state index in [2.05, 4.69) is 24.3 Å². The second-order valence-electron chi connectivity index (χ2n) is 7.34. The van der Waals surface area contributed by atoms with Gasteiger partial charge in [-0.15, -0.1) is 0 Å². The average Bonchev–Trinajstić information content (AvgIpc) is 3.03. The molecule has 0 saturated carbocycles. The molecule has 1 aromatic heterocycles. The minimum absolute atomic E-state index is 0.0960. The van der Waals surface area contributed by atoms with Gasteiger partial charge in [-0.25, -0.2) is 0 Å². The number of aryl methyl sites for hydroxylation is 1. The number of benzene rings is 1. The van der Waals surface area contributed by atoms with Crippen LogP contribution >= 0.6 is 0 Å². The minimum Gasteiger partial charge on any atom is -0.493 e. The van der Waals surface area contributed by atoms with Crippen LogP contribution in [0.5, 0.6) is 11.5 Å². The second kappa shape index (κ2) is 8.93. The zero-order chi connectivity index (χ0) is 20.1. The summed E-state index contributed by atoms with van der Waals surface area (Å²) < 4.78 is 16.1. The predicted molar refractivity (Wildman–Crippen MR) is 105 cm³/mol. The van der Waals surface area contributed by atoms with E-state index in [9.17, 15) is 4.79 Å². The lowest BCUT2D eigenvalue weighted by Gasteiger charge is -2.23. The molecule has 1 aromatic carbocycles. The highest BCUT2D eigenvalue weighted by Gasteiger charge is 2.24. The first kappa shape index (κ1) is 20.8. The maximum absolute atomic E-state index is 12.8. The first-order valence-electron chi connectivity index (χ1n) is 9.26. The van der Waals surface area contributed by atoms with Gasteiger partial charge in [0, 0.05) is 18.4 Å². The van der Waals surface area contributed by atoms with Gasteiger partial charge in [0.1, 0.15) is 5.56 Å². The molecule has 0 fully saturated rings. The summed E-state index contributed by atoms with van der Waals surface area (Å²) in [6, 6.07) is 5.88. The third-order valence-electron chi connectivity index (χ3n) is 4.76. The Morgan fingerprint density at radius 1 is 1.15 bits per heavy atom. The van der Waals surface area contributed by atoms with E-state index in [0.29, 0.717) is 41.0 Å². The van der Waals surface area contributed by atoms with Gasteiger partial charge in [-0.1, -0.05) is 38.9 Å². The Balaban J connectivity index is 2.21. The standard InChI is InChI=1S/C21H30N2O4/c1-12(2)16(15-8-9-17(25-6)18(10-15)26-7)11-22-21(24)19-14(5)23-27-20(19)13(3)4/h8-10,12-13,16H,11H2,1-7H3,(H,22,24). The van der Waals surface area contributed by atoms with E-state index in [1.165, 1.54) is 0 Å². The van der Waals surface area contributed by atoms with Crippen molar-refractivity contribution in [1.29, 1.82) is 0 Å². The summed E-state index contributed by atoms with van der Waals surface area (Å²) in [5.41, 5.74) is 2.25. The Hall–Kier alpha value is -2.50. The van der Waals surface area contributed by atoms with E-state index in [4.69, 9.17) is 14.0 Å². The van der Waals surface area contributed by atoms with Gasteiger partial charge < -0.3 is 19.3 Å². The van der Waals surface area contributed by atoms with Crippen LogP contribution in [0.4, 0.5) is 0 Å². The molecule has 1 N–H and O–H groups in total.